The molecule has 0 aliphatic rings. The second-order valence-corrected chi connectivity index (χ2v) is 5.72. The molecule has 122 valence electrons. The molecular weight excluding hydrogens is 286 g/mol. The molecule has 0 saturated heterocycles. The molecule has 3 heteroatoms. The summed E-state index contributed by atoms with van der Waals surface area (Å²) in [7, 11) is 0. The summed E-state index contributed by atoms with van der Waals surface area (Å²) >= 11 is 0. The molecule has 0 aromatic heterocycles. The SMILES string of the molecule is CCN(CC)CCC(C(=O)O)(c1ccccc1)c1ccccc1. The highest BCUT2D eigenvalue weighted by molar-refractivity contribution is 5.86. The molecule has 0 radical (unpaired) electrons. The fourth-order valence-corrected chi connectivity index (χ4v) is 3.12. The summed E-state index contributed by atoms with van der Waals surface area (Å²) in [5.41, 5.74) is 0.669. The molecule has 0 amide bonds. The van der Waals surface area contributed by atoms with E-state index in [0.29, 0.717) is 6.42 Å². The first-order chi connectivity index (χ1) is 11.1. The van der Waals surface area contributed by atoms with Gasteiger partial charge in [-0.3, -0.25) is 4.79 Å². The van der Waals surface area contributed by atoms with Crippen molar-refractivity contribution in [3.8, 4) is 0 Å². The molecule has 0 aliphatic heterocycles. The van der Waals surface area contributed by atoms with Gasteiger partial charge in [0.05, 0.1) is 0 Å². The van der Waals surface area contributed by atoms with Crippen LogP contribution in [0.3, 0.4) is 0 Å². The van der Waals surface area contributed by atoms with Crippen LogP contribution in [0.2, 0.25) is 0 Å². The van der Waals surface area contributed by atoms with Gasteiger partial charge < -0.3 is 10.0 Å². The quantitative estimate of drug-likeness (QED) is 0.806. The average molecular weight is 311 g/mol. The lowest BCUT2D eigenvalue weighted by Gasteiger charge is -2.33. The molecular formula is C20H25NO2. The zero-order chi connectivity index (χ0) is 16.7. The van der Waals surface area contributed by atoms with Crippen molar-refractivity contribution < 1.29 is 9.90 Å². The number of aliphatic carboxylic acids is 1. The van der Waals surface area contributed by atoms with Gasteiger partial charge in [-0.25, -0.2) is 0 Å². The van der Waals surface area contributed by atoms with Crippen LogP contribution in [0.1, 0.15) is 31.4 Å². The highest BCUT2D eigenvalue weighted by atomic mass is 16.4. The van der Waals surface area contributed by atoms with Crippen molar-refractivity contribution in [2.45, 2.75) is 25.7 Å². The van der Waals surface area contributed by atoms with E-state index in [0.717, 1.165) is 30.8 Å². The summed E-state index contributed by atoms with van der Waals surface area (Å²) in [6.07, 6.45) is 0.554. The van der Waals surface area contributed by atoms with E-state index >= 15 is 0 Å². The lowest BCUT2D eigenvalue weighted by molar-refractivity contribution is -0.142. The van der Waals surface area contributed by atoms with E-state index in [1.54, 1.807) is 0 Å². The molecule has 23 heavy (non-hydrogen) atoms. The van der Waals surface area contributed by atoms with Crippen molar-refractivity contribution >= 4 is 5.97 Å². The smallest absolute Gasteiger partial charge is 0.318 e. The number of rotatable bonds is 8. The zero-order valence-electron chi connectivity index (χ0n) is 13.9. The van der Waals surface area contributed by atoms with Crippen LogP contribution in [0.15, 0.2) is 60.7 Å². The predicted octanol–water partition coefficient (Wildman–Crippen LogP) is 3.79. The maximum atomic E-state index is 12.4. The zero-order valence-corrected chi connectivity index (χ0v) is 13.9. The number of hydrogen-bond donors (Lipinski definition) is 1. The number of carboxylic acids is 1. The Kier molecular flexibility index (Phi) is 5.94. The second-order valence-electron chi connectivity index (χ2n) is 5.72. The Morgan fingerprint density at radius 2 is 1.35 bits per heavy atom. The van der Waals surface area contributed by atoms with Crippen LogP contribution in [0.4, 0.5) is 0 Å². The van der Waals surface area contributed by atoms with E-state index in [-0.39, 0.29) is 0 Å². The maximum Gasteiger partial charge on any atom is 0.318 e. The van der Waals surface area contributed by atoms with Crippen molar-refractivity contribution in [1.29, 1.82) is 0 Å². The van der Waals surface area contributed by atoms with E-state index in [1.165, 1.54) is 0 Å². The molecule has 1 N–H and O–H groups in total. The minimum atomic E-state index is -1.01. The Labute approximate surface area is 138 Å². The van der Waals surface area contributed by atoms with Gasteiger partial charge in [-0.15, -0.1) is 0 Å². The van der Waals surface area contributed by atoms with E-state index in [2.05, 4.69) is 18.7 Å². The van der Waals surface area contributed by atoms with Crippen molar-refractivity contribution in [3.05, 3.63) is 71.8 Å². The van der Waals surface area contributed by atoms with E-state index in [9.17, 15) is 9.90 Å². The minimum Gasteiger partial charge on any atom is -0.480 e. The normalized spacial score (nSPS) is 11.6. The largest absolute Gasteiger partial charge is 0.480 e. The summed E-state index contributed by atoms with van der Waals surface area (Å²) in [5, 5.41) is 10.2. The minimum absolute atomic E-state index is 0.554. The molecule has 0 atom stereocenters. The topological polar surface area (TPSA) is 40.5 Å². The lowest BCUT2D eigenvalue weighted by Crippen LogP contribution is -2.41. The van der Waals surface area contributed by atoms with Crippen LogP contribution in [0.5, 0.6) is 0 Å². The molecule has 0 unspecified atom stereocenters. The van der Waals surface area contributed by atoms with Gasteiger partial charge in [0.25, 0.3) is 0 Å². The number of benzene rings is 2. The molecule has 0 aliphatic carbocycles. The number of nitrogens with zero attached hydrogens (tertiary/aromatic N) is 1. The van der Waals surface area contributed by atoms with Crippen LogP contribution in [-0.2, 0) is 10.2 Å². The van der Waals surface area contributed by atoms with Gasteiger partial charge in [0, 0.05) is 0 Å². The van der Waals surface area contributed by atoms with E-state index < -0.39 is 11.4 Å². The fourth-order valence-electron chi connectivity index (χ4n) is 3.12. The summed E-state index contributed by atoms with van der Waals surface area (Å²) in [4.78, 5) is 14.7. The van der Waals surface area contributed by atoms with Gasteiger partial charge in [-0.05, 0) is 37.2 Å². The number of carboxylic acid groups (broad SMARTS) is 1. The van der Waals surface area contributed by atoms with Gasteiger partial charge in [0.15, 0.2) is 0 Å². The van der Waals surface area contributed by atoms with Gasteiger partial charge in [0.2, 0.25) is 0 Å². The molecule has 3 nitrogen and oxygen atoms in total. The summed E-state index contributed by atoms with van der Waals surface area (Å²) < 4.78 is 0. The van der Waals surface area contributed by atoms with Crippen LogP contribution < -0.4 is 0 Å². The first-order valence-corrected chi connectivity index (χ1v) is 8.22. The number of carbonyl (C=O) groups is 1. The van der Waals surface area contributed by atoms with Crippen molar-refractivity contribution in [2.75, 3.05) is 19.6 Å². The third-order valence-electron chi connectivity index (χ3n) is 4.60. The molecule has 0 spiro atoms. The third kappa shape index (κ3) is 3.62. The molecule has 0 fully saturated rings. The Balaban J connectivity index is 2.50. The van der Waals surface area contributed by atoms with Gasteiger partial charge in [-0.1, -0.05) is 74.5 Å². The van der Waals surface area contributed by atoms with Gasteiger partial charge in [0.1, 0.15) is 5.41 Å². The molecule has 0 bridgehead atoms. The third-order valence-corrected chi connectivity index (χ3v) is 4.60. The highest BCUT2D eigenvalue weighted by Crippen LogP contribution is 2.36. The Hall–Kier alpha value is -2.13. The average Bonchev–Trinajstić information content (AvgIpc) is 2.60. The fraction of sp³-hybridized carbons (Fsp3) is 0.350. The van der Waals surface area contributed by atoms with Crippen LogP contribution in [0.25, 0.3) is 0 Å². The number of hydrogen-bond acceptors (Lipinski definition) is 2. The second kappa shape index (κ2) is 7.93. The Morgan fingerprint density at radius 1 is 0.913 bits per heavy atom. The highest BCUT2D eigenvalue weighted by Gasteiger charge is 2.41. The first-order valence-electron chi connectivity index (χ1n) is 8.22. The van der Waals surface area contributed by atoms with Gasteiger partial charge in [-0.2, -0.15) is 0 Å². The summed E-state index contributed by atoms with van der Waals surface area (Å²) in [5.74, 6) is -0.790. The van der Waals surface area contributed by atoms with Crippen molar-refractivity contribution in [1.82, 2.24) is 4.90 Å². The molecule has 2 aromatic carbocycles. The molecule has 0 saturated carbocycles. The Bertz CT molecular complexity index is 567. The molecule has 2 aromatic rings. The Morgan fingerprint density at radius 3 is 1.70 bits per heavy atom. The first kappa shape index (κ1) is 17.2. The van der Waals surface area contributed by atoms with Crippen LogP contribution in [0, 0.1) is 0 Å². The van der Waals surface area contributed by atoms with Crippen LogP contribution >= 0.6 is 0 Å². The van der Waals surface area contributed by atoms with Crippen molar-refractivity contribution in [3.63, 3.8) is 0 Å². The van der Waals surface area contributed by atoms with Crippen LogP contribution in [-0.4, -0.2) is 35.6 Å². The van der Waals surface area contributed by atoms with E-state index in [1.807, 2.05) is 60.7 Å². The summed E-state index contributed by atoms with van der Waals surface area (Å²) in [6, 6.07) is 19.2. The van der Waals surface area contributed by atoms with E-state index in [4.69, 9.17) is 0 Å². The van der Waals surface area contributed by atoms with Gasteiger partial charge >= 0.3 is 5.97 Å². The monoisotopic (exact) mass is 311 g/mol. The predicted molar refractivity (Wildman–Crippen MR) is 93.7 cm³/mol. The van der Waals surface area contributed by atoms with Crippen molar-refractivity contribution in [2.24, 2.45) is 0 Å². The lowest BCUT2D eigenvalue weighted by atomic mass is 9.72. The summed E-state index contributed by atoms with van der Waals surface area (Å²) in [6.45, 7) is 6.82. The standard InChI is InChI=1S/C20H25NO2/c1-3-21(4-2)16-15-20(19(22)23,17-11-7-5-8-12-17)18-13-9-6-10-14-18/h5-14H,3-4,15-16H2,1-2H3,(H,22,23). The molecule has 2 rings (SSSR count). The maximum absolute atomic E-state index is 12.4. The molecule has 0 heterocycles.